The summed E-state index contributed by atoms with van der Waals surface area (Å²) in [7, 11) is 2.75. The minimum atomic E-state index is -0.634. The van der Waals surface area contributed by atoms with Crippen molar-refractivity contribution in [1.29, 1.82) is 0 Å². The Morgan fingerprint density at radius 1 is 1.19 bits per heavy atom. The van der Waals surface area contributed by atoms with E-state index < -0.39 is 11.2 Å². The minimum absolute atomic E-state index is 0.0716. The highest BCUT2D eigenvalue weighted by Gasteiger charge is 2.12. The van der Waals surface area contributed by atoms with Gasteiger partial charge >= 0.3 is 5.69 Å². The highest BCUT2D eigenvalue weighted by molar-refractivity contribution is 5.86. The number of nitrogen functional groups attached to an aromatic ring is 1. The number of phenolic OH excluding ortho intramolecular Hbond substituents is 2. The zero-order valence-electron chi connectivity index (χ0n) is 11.4. The van der Waals surface area contributed by atoms with E-state index in [4.69, 9.17) is 5.73 Å². The summed E-state index contributed by atoms with van der Waals surface area (Å²) in [5.41, 5.74) is 4.72. The molecule has 0 amide bonds. The minimum Gasteiger partial charge on any atom is -0.508 e. The number of hydrogen-bond acceptors (Lipinski definition) is 6. The van der Waals surface area contributed by atoms with Crippen molar-refractivity contribution in [3.63, 3.8) is 0 Å². The van der Waals surface area contributed by atoms with E-state index in [-0.39, 0.29) is 23.0 Å². The molecular weight excluding hydrogens is 276 g/mol. The molecule has 0 aliphatic rings. The molecule has 0 fully saturated rings. The van der Waals surface area contributed by atoms with Gasteiger partial charge in [0.15, 0.2) is 5.69 Å². The average molecular weight is 290 g/mol. The Balaban J connectivity index is 2.57. The summed E-state index contributed by atoms with van der Waals surface area (Å²) in [6.45, 7) is 0. The molecular formula is C13H14N4O4. The molecule has 4 N–H and O–H groups in total. The first kappa shape index (κ1) is 14.4. The van der Waals surface area contributed by atoms with Crippen LogP contribution in [-0.4, -0.2) is 25.6 Å². The van der Waals surface area contributed by atoms with E-state index >= 15 is 0 Å². The van der Waals surface area contributed by atoms with Crippen molar-refractivity contribution < 1.29 is 10.2 Å². The van der Waals surface area contributed by atoms with E-state index in [0.717, 1.165) is 15.2 Å². The van der Waals surface area contributed by atoms with Gasteiger partial charge in [-0.3, -0.25) is 13.9 Å². The van der Waals surface area contributed by atoms with Crippen LogP contribution in [0.2, 0.25) is 0 Å². The second-order valence-corrected chi connectivity index (χ2v) is 4.44. The monoisotopic (exact) mass is 290 g/mol. The van der Waals surface area contributed by atoms with Crippen LogP contribution in [-0.2, 0) is 14.1 Å². The number of hydrogen-bond donors (Lipinski definition) is 3. The average Bonchev–Trinajstić information content (AvgIpc) is 2.45. The Labute approximate surface area is 119 Å². The second kappa shape index (κ2) is 5.16. The molecule has 0 saturated heterocycles. The quantitative estimate of drug-likeness (QED) is 0.662. The van der Waals surface area contributed by atoms with Gasteiger partial charge in [-0.15, -0.1) is 0 Å². The zero-order chi connectivity index (χ0) is 15.7. The molecule has 8 heteroatoms. The maximum absolute atomic E-state index is 12.0. The number of aliphatic imine (C=N–C) groups is 1. The molecule has 1 heterocycles. The summed E-state index contributed by atoms with van der Waals surface area (Å²) in [6, 6.07) is 3.93. The van der Waals surface area contributed by atoms with Crippen molar-refractivity contribution in [2.75, 3.05) is 5.73 Å². The predicted molar refractivity (Wildman–Crippen MR) is 78.4 cm³/mol. The molecule has 110 valence electrons. The third-order valence-electron chi connectivity index (χ3n) is 3.03. The molecule has 0 unspecified atom stereocenters. The zero-order valence-corrected chi connectivity index (χ0v) is 11.4. The van der Waals surface area contributed by atoms with Crippen LogP contribution in [0.1, 0.15) is 5.56 Å². The molecule has 0 bridgehead atoms. The summed E-state index contributed by atoms with van der Waals surface area (Å²) in [4.78, 5) is 27.6. The van der Waals surface area contributed by atoms with Crippen molar-refractivity contribution in [3.05, 3.63) is 44.6 Å². The fraction of sp³-hybridized carbons (Fsp3) is 0.154. The van der Waals surface area contributed by atoms with E-state index in [1.807, 2.05) is 0 Å². The van der Waals surface area contributed by atoms with Gasteiger partial charge in [0.1, 0.15) is 17.3 Å². The van der Waals surface area contributed by atoms with Crippen molar-refractivity contribution in [2.24, 2.45) is 19.1 Å². The molecule has 0 atom stereocenters. The van der Waals surface area contributed by atoms with E-state index in [9.17, 15) is 19.8 Å². The first-order valence-corrected chi connectivity index (χ1v) is 5.94. The van der Waals surface area contributed by atoms with Crippen molar-refractivity contribution in [3.8, 4) is 11.5 Å². The van der Waals surface area contributed by atoms with Crippen molar-refractivity contribution in [2.45, 2.75) is 0 Å². The maximum Gasteiger partial charge on any atom is 0.332 e. The van der Waals surface area contributed by atoms with Crippen molar-refractivity contribution >= 4 is 17.7 Å². The summed E-state index contributed by atoms with van der Waals surface area (Å²) >= 11 is 0. The van der Waals surface area contributed by atoms with Gasteiger partial charge in [0.2, 0.25) is 0 Å². The van der Waals surface area contributed by atoms with Crippen LogP contribution in [0.3, 0.4) is 0 Å². The van der Waals surface area contributed by atoms with Gasteiger partial charge in [0.25, 0.3) is 5.56 Å². The molecule has 0 aliphatic heterocycles. The number of anilines is 1. The number of nitrogens with zero attached hydrogens (tertiary/aromatic N) is 3. The van der Waals surface area contributed by atoms with Gasteiger partial charge in [0.05, 0.1) is 0 Å². The largest absolute Gasteiger partial charge is 0.508 e. The number of phenols is 2. The molecule has 0 aliphatic carbocycles. The summed E-state index contributed by atoms with van der Waals surface area (Å²) in [5.74, 6) is -0.362. The molecule has 8 nitrogen and oxygen atoms in total. The molecule has 21 heavy (non-hydrogen) atoms. The molecule has 0 saturated carbocycles. The topological polar surface area (TPSA) is 123 Å². The molecule has 2 rings (SSSR count). The van der Waals surface area contributed by atoms with E-state index in [0.29, 0.717) is 5.56 Å². The maximum atomic E-state index is 12.0. The van der Waals surface area contributed by atoms with E-state index in [1.165, 1.54) is 32.4 Å². The van der Waals surface area contributed by atoms with Crippen LogP contribution in [0.15, 0.2) is 32.8 Å². The molecule has 1 aromatic carbocycles. The van der Waals surface area contributed by atoms with Gasteiger partial charge < -0.3 is 15.9 Å². The standard InChI is InChI=1S/C13H14N4O4/c1-16-11(14)10(12(20)17(2)13(16)21)15-6-7-3-4-8(18)5-9(7)19/h3-6,18-19H,14H2,1-2H3. The fourth-order valence-electron chi connectivity index (χ4n) is 1.74. The van der Waals surface area contributed by atoms with Gasteiger partial charge in [-0.25, -0.2) is 9.79 Å². The smallest absolute Gasteiger partial charge is 0.332 e. The summed E-state index contributed by atoms with van der Waals surface area (Å²) in [5, 5.41) is 18.8. The van der Waals surface area contributed by atoms with Gasteiger partial charge in [-0.1, -0.05) is 0 Å². The van der Waals surface area contributed by atoms with E-state index in [1.54, 1.807) is 0 Å². The Kier molecular flexibility index (Phi) is 3.53. The van der Waals surface area contributed by atoms with Crippen molar-refractivity contribution in [1.82, 2.24) is 9.13 Å². The lowest BCUT2D eigenvalue weighted by Crippen LogP contribution is -2.37. The van der Waals surface area contributed by atoms with Crippen LogP contribution in [0, 0.1) is 0 Å². The SMILES string of the molecule is Cn1c(N)c(N=Cc2ccc(O)cc2O)c(=O)n(C)c1=O. The number of aromatic hydroxyl groups is 2. The molecule has 0 spiro atoms. The van der Waals surface area contributed by atoms with Crippen LogP contribution in [0.4, 0.5) is 11.5 Å². The normalized spacial score (nSPS) is 11.1. The van der Waals surface area contributed by atoms with Crippen LogP contribution in [0.5, 0.6) is 11.5 Å². The van der Waals surface area contributed by atoms with Crippen LogP contribution >= 0.6 is 0 Å². The van der Waals surface area contributed by atoms with Gasteiger partial charge in [-0.05, 0) is 12.1 Å². The predicted octanol–water partition coefficient (Wildman–Crippen LogP) is -0.172. The first-order valence-electron chi connectivity index (χ1n) is 5.94. The number of rotatable bonds is 2. The first-order chi connectivity index (χ1) is 9.82. The third kappa shape index (κ3) is 2.50. The Bertz CT molecular complexity index is 848. The Morgan fingerprint density at radius 2 is 1.86 bits per heavy atom. The number of nitrogens with two attached hydrogens (primary N) is 1. The lowest BCUT2D eigenvalue weighted by molar-refractivity contribution is 0.450. The Morgan fingerprint density at radius 3 is 2.48 bits per heavy atom. The van der Waals surface area contributed by atoms with E-state index in [2.05, 4.69) is 4.99 Å². The van der Waals surface area contributed by atoms with Gasteiger partial charge in [0, 0.05) is 31.9 Å². The fourth-order valence-corrected chi connectivity index (χ4v) is 1.74. The highest BCUT2D eigenvalue weighted by Crippen LogP contribution is 2.22. The summed E-state index contributed by atoms with van der Waals surface area (Å²) in [6.07, 6.45) is 1.23. The van der Waals surface area contributed by atoms with Crippen LogP contribution < -0.4 is 17.0 Å². The highest BCUT2D eigenvalue weighted by atomic mass is 16.3. The number of benzene rings is 1. The molecule has 2 aromatic rings. The lowest BCUT2D eigenvalue weighted by atomic mass is 10.2. The van der Waals surface area contributed by atoms with Gasteiger partial charge in [-0.2, -0.15) is 0 Å². The third-order valence-corrected chi connectivity index (χ3v) is 3.03. The molecule has 1 aromatic heterocycles. The second-order valence-electron chi connectivity index (χ2n) is 4.44. The Hall–Kier alpha value is -3.03. The molecule has 0 radical (unpaired) electrons. The number of aromatic nitrogens is 2. The summed E-state index contributed by atoms with van der Waals surface area (Å²) < 4.78 is 1.99. The lowest BCUT2D eigenvalue weighted by Gasteiger charge is -2.08. The van der Waals surface area contributed by atoms with Crippen LogP contribution in [0.25, 0.3) is 0 Å².